The Morgan fingerprint density at radius 2 is 1.63 bits per heavy atom. The van der Waals surface area contributed by atoms with Gasteiger partial charge in [0.25, 0.3) is 0 Å². The van der Waals surface area contributed by atoms with Gasteiger partial charge in [0.05, 0.1) is 0 Å². The zero-order chi connectivity index (χ0) is 13.9. The molecule has 0 amide bonds. The van der Waals surface area contributed by atoms with Crippen LogP contribution in [0.5, 0.6) is 0 Å². The summed E-state index contributed by atoms with van der Waals surface area (Å²) in [6, 6.07) is 0.779. The van der Waals surface area contributed by atoms with Gasteiger partial charge in [0.2, 0.25) is 0 Å². The molecule has 0 aromatic carbocycles. The Balaban J connectivity index is 1.65. The van der Waals surface area contributed by atoms with Crippen molar-refractivity contribution in [3.63, 3.8) is 0 Å². The maximum absolute atomic E-state index is 3.87. The predicted molar refractivity (Wildman–Crippen MR) is 84.3 cm³/mol. The van der Waals surface area contributed by atoms with Crippen LogP contribution in [0, 0.1) is 23.2 Å². The van der Waals surface area contributed by atoms with Crippen LogP contribution in [0.2, 0.25) is 0 Å². The maximum Gasteiger partial charge on any atom is 0.00746 e. The van der Waals surface area contributed by atoms with E-state index in [0.717, 1.165) is 23.8 Å². The van der Waals surface area contributed by atoms with Crippen LogP contribution >= 0.6 is 0 Å². The summed E-state index contributed by atoms with van der Waals surface area (Å²) in [5.74, 6) is 2.90. The Kier molecular flexibility index (Phi) is 5.34. The number of hydrogen-bond donors (Lipinski definition) is 1. The molecule has 0 saturated heterocycles. The molecule has 2 fully saturated rings. The third-order valence-corrected chi connectivity index (χ3v) is 5.51. The van der Waals surface area contributed by atoms with Gasteiger partial charge in [-0.3, -0.25) is 0 Å². The summed E-state index contributed by atoms with van der Waals surface area (Å²) in [6.07, 6.45) is 11.5. The van der Waals surface area contributed by atoms with Crippen LogP contribution in [0.25, 0.3) is 0 Å². The van der Waals surface area contributed by atoms with Crippen molar-refractivity contribution >= 4 is 0 Å². The van der Waals surface area contributed by atoms with E-state index in [0.29, 0.717) is 5.41 Å². The van der Waals surface area contributed by atoms with E-state index < -0.39 is 0 Å². The molecule has 0 radical (unpaired) electrons. The predicted octanol–water partition coefficient (Wildman–Crippen LogP) is 5.01. The van der Waals surface area contributed by atoms with Gasteiger partial charge >= 0.3 is 0 Å². The smallest absolute Gasteiger partial charge is 0.00746 e. The van der Waals surface area contributed by atoms with E-state index >= 15 is 0 Å². The fourth-order valence-corrected chi connectivity index (χ4v) is 4.61. The van der Waals surface area contributed by atoms with Crippen molar-refractivity contribution in [1.82, 2.24) is 5.32 Å². The highest BCUT2D eigenvalue weighted by Gasteiger charge is 2.31. The largest absolute Gasteiger partial charge is 0.314 e. The van der Waals surface area contributed by atoms with Crippen LogP contribution in [0.1, 0.15) is 79.1 Å². The number of rotatable bonds is 4. The van der Waals surface area contributed by atoms with Gasteiger partial charge in [0.15, 0.2) is 0 Å². The molecule has 1 N–H and O–H groups in total. The average molecular weight is 265 g/mol. The molecule has 0 bridgehead atoms. The zero-order valence-electron chi connectivity index (χ0n) is 13.7. The van der Waals surface area contributed by atoms with Gasteiger partial charge in [-0.25, -0.2) is 0 Å². The van der Waals surface area contributed by atoms with Crippen LogP contribution in [0.4, 0.5) is 0 Å². The van der Waals surface area contributed by atoms with E-state index in [9.17, 15) is 0 Å². The van der Waals surface area contributed by atoms with Gasteiger partial charge in [-0.1, -0.05) is 53.4 Å². The summed E-state index contributed by atoms with van der Waals surface area (Å²) < 4.78 is 0. The molecule has 0 heterocycles. The Morgan fingerprint density at radius 1 is 0.947 bits per heavy atom. The summed E-state index contributed by atoms with van der Waals surface area (Å²) in [7, 11) is 0. The van der Waals surface area contributed by atoms with Gasteiger partial charge < -0.3 is 5.32 Å². The molecule has 112 valence electrons. The molecule has 19 heavy (non-hydrogen) atoms. The molecule has 2 rings (SSSR count). The molecule has 2 unspecified atom stereocenters. The molecule has 0 spiro atoms. The first-order chi connectivity index (χ1) is 8.94. The lowest BCUT2D eigenvalue weighted by Gasteiger charge is -2.39. The topological polar surface area (TPSA) is 12.0 Å². The summed E-state index contributed by atoms with van der Waals surface area (Å²) in [6.45, 7) is 11.0. The molecule has 2 saturated carbocycles. The first kappa shape index (κ1) is 15.4. The van der Waals surface area contributed by atoms with Crippen molar-refractivity contribution in [3.8, 4) is 0 Å². The van der Waals surface area contributed by atoms with E-state index in [-0.39, 0.29) is 0 Å². The van der Waals surface area contributed by atoms with Crippen LogP contribution in [-0.2, 0) is 0 Å². The normalized spacial score (nSPS) is 39.2. The van der Waals surface area contributed by atoms with Crippen molar-refractivity contribution in [2.75, 3.05) is 6.54 Å². The molecule has 0 aliphatic heterocycles. The van der Waals surface area contributed by atoms with E-state index in [4.69, 9.17) is 0 Å². The lowest BCUT2D eigenvalue weighted by Crippen LogP contribution is -2.40. The minimum absolute atomic E-state index is 0.551. The Hall–Kier alpha value is -0.0400. The monoisotopic (exact) mass is 265 g/mol. The second kappa shape index (κ2) is 6.61. The molecule has 2 aliphatic rings. The van der Waals surface area contributed by atoms with Crippen molar-refractivity contribution in [1.29, 1.82) is 0 Å². The Labute approximate surface area is 120 Å². The van der Waals surface area contributed by atoms with Gasteiger partial charge in [0, 0.05) is 6.04 Å². The average Bonchev–Trinajstić information content (AvgIpc) is 2.29. The first-order valence-electron chi connectivity index (χ1n) is 8.68. The maximum atomic E-state index is 3.87. The standard InChI is InChI=1S/C18H35N/c1-14-5-7-16(8-6-14)9-10-19-17-11-15(2)12-18(3,4)13-17/h14-17,19H,5-13H2,1-4H3. The molecule has 2 atom stereocenters. The molecule has 0 aromatic heterocycles. The molecule has 2 aliphatic carbocycles. The second-order valence-corrected chi connectivity index (χ2v) is 8.48. The van der Waals surface area contributed by atoms with Crippen LogP contribution < -0.4 is 5.32 Å². The Bertz CT molecular complexity index is 263. The third kappa shape index (κ3) is 5.10. The highest BCUT2D eigenvalue weighted by molar-refractivity contribution is 4.86. The van der Waals surface area contributed by atoms with E-state index in [2.05, 4.69) is 33.0 Å². The summed E-state index contributed by atoms with van der Waals surface area (Å²) in [5.41, 5.74) is 0.551. The van der Waals surface area contributed by atoms with Crippen molar-refractivity contribution in [2.45, 2.75) is 85.1 Å². The number of nitrogens with one attached hydrogen (secondary N) is 1. The lowest BCUT2D eigenvalue weighted by molar-refractivity contribution is 0.149. The molecule has 0 aromatic rings. The van der Waals surface area contributed by atoms with E-state index in [1.165, 1.54) is 57.9 Å². The first-order valence-corrected chi connectivity index (χ1v) is 8.68. The highest BCUT2D eigenvalue weighted by atomic mass is 14.9. The quantitative estimate of drug-likeness (QED) is 0.753. The van der Waals surface area contributed by atoms with Gasteiger partial charge in [-0.05, 0) is 55.4 Å². The minimum Gasteiger partial charge on any atom is -0.314 e. The highest BCUT2D eigenvalue weighted by Crippen LogP contribution is 2.38. The SMILES string of the molecule is CC1CCC(CCNC2CC(C)CC(C)(C)C2)CC1. The summed E-state index contributed by atoms with van der Waals surface area (Å²) in [4.78, 5) is 0. The van der Waals surface area contributed by atoms with Gasteiger partial charge in [-0.15, -0.1) is 0 Å². The van der Waals surface area contributed by atoms with Crippen molar-refractivity contribution in [2.24, 2.45) is 23.2 Å². The van der Waals surface area contributed by atoms with Crippen LogP contribution in [0.15, 0.2) is 0 Å². The fraction of sp³-hybridized carbons (Fsp3) is 1.00. The molecule has 1 heteroatoms. The van der Waals surface area contributed by atoms with Crippen molar-refractivity contribution in [3.05, 3.63) is 0 Å². The van der Waals surface area contributed by atoms with Crippen molar-refractivity contribution < 1.29 is 0 Å². The third-order valence-electron chi connectivity index (χ3n) is 5.51. The Morgan fingerprint density at radius 3 is 2.26 bits per heavy atom. The molecule has 1 nitrogen and oxygen atoms in total. The summed E-state index contributed by atoms with van der Waals surface area (Å²) in [5, 5.41) is 3.87. The van der Waals surface area contributed by atoms with Gasteiger partial charge in [-0.2, -0.15) is 0 Å². The van der Waals surface area contributed by atoms with Gasteiger partial charge in [0.1, 0.15) is 0 Å². The number of hydrogen-bond acceptors (Lipinski definition) is 1. The zero-order valence-corrected chi connectivity index (χ0v) is 13.7. The van der Waals surface area contributed by atoms with E-state index in [1.54, 1.807) is 0 Å². The molecular formula is C18H35N. The summed E-state index contributed by atoms with van der Waals surface area (Å²) >= 11 is 0. The minimum atomic E-state index is 0.551. The van der Waals surface area contributed by atoms with Crippen LogP contribution in [-0.4, -0.2) is 12.6 Å². The fourth-order valence-electron chi connectivity index (χ4n) is 4.61. The second-order valence-electron chi connectivity index (χ2n) is 8.48. The molecular weight excluding hydrogens is 230 g/mol. The lowest BCUT2D eigenvalue weighted by atomic mass is 9.70. The van der Waals surface area contributed by atoms with E-state index in [1.807, 2.05) is 0 Å². The van der Waals surface area contributed by atoms with Crippen LogP contribution in [0.3, 0.4) is 0 Å².